The largest absolute Gasteiger partial charge is 0.304 e. The van der Waals surface area contributed by atoms with Gasteiger partial charge in [0.1, 0.15) is 0 Å². The van der Waals surface area contributed by atoms with Gasteiger partial charge in [0.05, 0.1) is 0 Å². The van der Waals surface area contributed by atoms with Crippen molar-refractivity contribution in [2.75, 3.05) is 46.8 Å². The molecule has 0 N–H and O–H groups in total. The smallest absolute Gasteiger partial charge is 0.0124 e. The summed E-state index contributed by atoms with van der Waals surface area (Å²) < 4.78 is 0. The van der Waals surface area contributed by atoms with Crippen LogP contribution in [-0.4, -0.2) is 73.1 Å². The fourth-order valence-corrected chi connectivity index (χ4v) is 3.66. The summed E-state index contributed by atoms with van der Waals surface area (Å²) >= 11 is 0. The molecule has 118 valence electrons. The second kappa shape index (κ2) is 6.76. The molecule has 2 fully saturated rings. The SMILES string of the molecule is CN1CCN(C[C@H]2CC[C@H](N(C)C(C)(C)C)CC2)CC1. The van der Waals surface area contributed by atoms with E-state index in [0.29, 0.717) is 5.54 Å². The molecule has 0 radical (unpaired) electrons. The van der Waals surface area contributed by atoms with Crippen LogP contribution in [0.3, 0.4) is 0 Å². The van der Waals surface area contributed by atoms with Crippen molar-refractivity contribution in [3.05, 3.63) is 0 Å². The first-order chi connectivity index (χ1) is 9.36. The standard InChI is InChI=1S/C17H35N3/c1-17(2,3)19(5)16-8-6-15(7-9-16)14-20-12-10-18(4)11-13-20/h15-16H,6-14H2,1-5H3/t15-,16-. The summed E-state index contributed by atoms with van der Waals surface area (Å²) in [5.41, 5.74) is 0.314. The van der Waals surface area contributed by atoms with Crippen LogP contribution in [0.5, 0.6) is 0 Å². The summed E-state index contributed by atoms with van der Waals surface area (Å²) in [4.78, 5) is 7.74. The molecule has 1 saturated heterocycles. The normalized spacial score (nSPS) is 30.9. The summed E-state index contributed by atoms with van der Waals surface area (Å²) in [5.74, 6) is 0.947. The maximum atomic E-state index is 2.69. The predicted molar refractivity (Wildman–Crippen MR) is 87.2 cm³/mol. The minimum absolute atomic E-state index is 0.314. The minimum Gasteiger partial charge on any atom is -0.304 e. The van der Waals surface area contributed by atoms with Gasteiger partial charge in [-0.05, 0) is 66.5 Å². The van der Waals surface area contributed by atoms with Gasteiger partial charge in [-0.3, -0.25) is 4.90 Å². The highest BCUT2D eigenvalue weighted by Gasteiger charge is 2.30. The zero-order valence-corrected chi connectivity index (χ0v) is 14.4. The van der Waals surface area contributed by atoms with E-state index >= 15 is 0 Å². The van der Waals surface area contributed by atoms with E-state index in [0.717, 1.165) is 12.0 Å². The summed E-state index contributed by atoms with van der Waals surface area (Å²) in [6.45, 7) is 13.4. The first-order valence-electron chi connectivity index (χ1n) is 8.50. The van der Waals surface area contributed by atoms with Crippen molar-refractivity contribution in [1.82, 2.24) is 14.7 Å². The Morgan fingerprint density at radius 3 is 2.00 bits per heavy atom. The van der Waals surface area contributed by atoms with E-state index in [9.17, 15) is 0 Å². The molecule has 0 bridgehead atoms. The molecule has 0 aromatic carbocycles. The zero-order valence-electron chi connectivity index (χ0n) is 14.4. The van der Waals surface area contributed by atoms with Crippen LogP contribution in [0.25, 0.3) is 0 Å². The average Bonchev–Trinajstić information content (AvgIpc) is 2.40. The third-order valence-electron chi connectivity index (χ3n) is 5.53. The molecule has 1 aliphatic carbocycles. The second-order valence-electron chi connectivity index (χ2n) is 8.06. The van der Waals surface area contributed by atoms with E-state index in [1.54, 1.807) is 0 Å². The highest BCUT2D eigenvalue weighted by molar-refractivity contribution is 4.85. The zero-order chi connectivity index (χ0) is 14.8. The lowest BCUT2D eigenvalue weighted by Gasteiger charge is -2.43. The Balaban J connectivity index is 1.72. The predicted octanol–water partition coefficient (Wildman–Crippen LogP) is 2.52. The summed E-state index contributed by atoms with van der Waals surface area (Å²) in [6.07, 6.45) is 5.65. The average molecular weight is 281 g/mol. The highest BCUT2D eigenvalue weighted by Crippen LogP contribution is 2.30. The van der Waals surface area contributed by atoms with Gasteiger partial charge in [0.25, 0.3) is 0 Å². The molecule has 0 unspecified atom stereocenters. The Bertz CT molecular complexity index is 281. The van der Waals surface area contributed by atoms with Crippen LogP contribution in [0.1, 0.15) is 46.5 Å². The molecule has 3 nitrogen and oxygen atoms in total. The van der Waals surface area contributed by atoms with Gasteiger partial charge in [-0.1, -0.05) is 0 Å². The van der Waals surface area contributed by atoms with E-state index in [-0.39, 0.29) is 0 Å². The first-order valence-corrected chi connectivity index (χ1v) is 8.50. The molecule has 0 amide bonds. The van der Waals surface area contributed by atoms with E-state index in [1.807, 2.05) is 0 Å². The van der Waals surface area contributed by atoms with Crippen molar-refractivity contribution in [2.24, 2.45) is 5.92 Å². The molecule has 2 rings (SSSR count). The Labute approximate surface area is 126 Å². The van der Waals surface area contributed by atoms with E-state index in [1.165, 1.54) is 58.4 Å². The van der Waals surface area contributed by atoms with Gasteiger partial charge >= 0.3 is 0 Å². The Hall–Kier alpha value is -0.120. The molecule has 0 spiro atoms. The summed E-state index contributed by atoms with van der Waals surface area (Å²) in [6, 6.07) is 0.804. The summed E-state index contributed by atoms with van der Waals surface area (Å²) in [5, 5.41) is 0. The maximum absolute atomic E-state index is 2.69. The number of hydrogen-bond donors (Lipinski definition) is 0. The van der Waals surface area contributed by atoms with E-state index in [4.69, 9.17) is 0 Å². The van der Waals surface area contributed by atoms with Crippen LogP contribution >= 0.6 is 0 Å². The van der Waals surface area contributed by atoms with Crippen LogP contribution in [0.2, 0.25) is 0 Å². The lowest BCUT2D eigenvalue weighted by Crippen LogP contribution is -2.49. The maximum Gasteiger partial charge on any atom is 0.0124 e. The van der Waals surface area contributed by atoms with Crippen molar-refractivity contribution in [2.45, 2.75) is 58.0 Å². The van der Waals surface area contributed by atoms with Gasteiger partial charge in [-0.15, -0.1) is 0 Å². The fourth-order valence-electron chi connectivity index (χ4n) is 3.66. The van der Waals surface area contributed by atoms with Crippen molar-refractivity contribution in [3.8, 4) is 0 Å². The van der Waals surface area contributed by atoms with Gasteiger partial charge in [0, 0.05) is 44.3 Å². The van der Waals surface area contributed by atoms with Gasteiger partial charge < -0.3 is 9.80 Å². The molecule has 20 heavy (non-hydrogen) atoms. The Kier molecular flexibility index (Phi) is 5.49. The quantitative estimate of drug-likeness (QED) is 0.787. The molecular formula is C17H35N3. The monoisotopic (exact) mass is 281 g/mol. The molecule has 1 saturated carbocycles. The van der Waals surface area contributed by atoms with Crippen molar-refractivity contribution >= 4 is 0 Å². The lowest BCUT2D eigenvalue weighted by molar-refractivity contribution is 0.0656. The molecular weight excluding hydrogens is 246 g/mol. The number of piperazine rings is 1. The molecule has 1 heterocycles. The van der Waals surface area contributed by atoms with Crippen molar-refractivity contribution < 1.29 is 0 Å². The molecule has 3 heteroatoms. The van der Waals surface area contributed by atoms with E-state index in [2.05, 4.69) is 49.6 Å². The van der Waals surface area contributed by atoms with Crippen LogP contribution in [0, 0.1) is 5.92 Å². The molecule has 0 atom stereocenters. The van der Waals surface area contributed by atoms with Crippen LogP contribution < -0.4 is 0 Å². The molecule has 2 aliphatic rings. The first kappa shape index (κ1) is 16.3. The van der Waals surface area contributed by atoms with Crippen LogP contribution in [0.4, 0.5) is 0 Å². The number of rotatable bonds is 3. The Morgan fingerprint density at radius 1 is 0.950 bits per heavy atom. The van der Waals surface area contributed by atoms with Crippen LogP contribution in [0.15, 0.2) is 0 Å². The molecule has 0 aromatic rings. The third kappa shape index (κ3) is 4.44. The number of likely N-dealkylation sites (N-methyl/N-ethyl adjacent to an activating group) is 1. The third-order valence-corrected chi connectivity index (χ3v) is 5.53. The highest BCUT2D eigenvalue weighted by atomic mass is 15.2. The Morgan fingerprint density at radius 2 is 1.50 bits per heavy atom. The number of nitrogens with zero attached hydrogens (tertiary/aromatic N) is 3. The van der Waals surface area contributed by atoms with Crippen molar-refractivity contribution in [3.63, 3.8) is 0 Å². The fraction of sp³-hybridized carbons (Fsp3) is 1.00. The van der Waals surface area contributed by atoms with Gasteiger partial charge in [0.2, 0.25) is 0 Å². The van der Waals surface area contributed by atoms with Gasteiger partial charge in [-0.25, -0.2) is 0 Å². The second-order valence-corrected chi connectivity index (χ2v) is 8.06. The minimum atomic E-state index is 0.314. The van der Waals surface area contributed by atoms with Gasteiger partial charge in [-0.2, -0.15) is 0 Å². The number of hydrogen-bond acceptors (Lipinski definition) is 3. The molecule has 0 aromatic heterocycles. The summed E-state index contributed by atoms with van der Waals surface area (Å²) in [7, 11) is 4.55. The molecule has 1 aliphatic heterocycles. The lowest BCUT2D eigenvalue weighted by atomic mass is 9.83. The van der Waals surface area contributed by atoms with Crippen LogP contribution in [-0.2, 0) is 0 Å². The van der Waals surface area contributed by atoms with Crippen molar-refractivity contribution in [1.29, 1.82) is 0 Å². The van der Waals surface area contributed by atoms with E-state index < -0.39 is 0 Å². The topological polar surface area (TPSA) is 9.72 Å². The van der Waals surface area contributed by atoms with Gasteiger partial charge in [0.15, 0.2) is 0 Å².